The Hall–Kier alpha value is -5.35. The van der Waals surface area contributed by atoms with Gasteiger partial charge in [-0.05, 0) is 87.0 Å². The average molecular weight is 835 g/mol. The van der Waals surface area contributed by atoms with E-state index < -0.39 is 11.7 Å². The van der Waals surface area contributed by atoms with Gasteiger partial charge < -0.3 is 36.1 Å². The Morgan fingerprint density at radius 2 is 1.53 bits per heavy atom. The summed E-state index contributed by atoms with van der Waals surface area (Å²) in [5.41, 5.74) is 9.06. The number of amides is 2. The van der Waals surface area contributed by atoms with Gasteiger partial charge in [0.05, 0.1) is 5.70 Å². The van der Waals surface area contributed by atoms with Crippen molar-refractivity contribution < 1.29 is 34.0 Å². The number of unbranched alkanes of at least 4 members (excludes halogenated alkanes) is 3. The fourth-order valence-corrected chi connectivity index (χ4v) is 5.83. The van der Waals surface area contributed by atoms with Gasteiger partial charge in [0.25, 0.3) is 5.91 Å². The Morgan fingerprint density at radius 1 is 0.900 bits per heavy atom. The molecule has 1 aromatic rings. The zero-order chi connectivity index (χ0) is 44.5. The number of aromatic nitrogens is 1. The van der Waals surface area contributed by atoms with Crippen LogP contribution in [0.25, 0.3) is 0 Å². The van der Waals surface area contributed by atoms with Crippen molar-refractivity contribution in [2.45, 2.75) is 64.7 Å². The number of likely N-dealkylation sites (N-methyl/N-ethyl adjacent to an activating group) is 1. The van der Waals surface area contributed by atoms with Crippen LogP contribution in [0.4, 0.5) is 0 Å². The third-order valence-corrected chi connectivity index (χ3v) is 9.40. The fraction of sp³-hybridized carbons (Fsp3) is 0.489. The molecule has 0 aliphatic heterocycles. The second-order valence-electron chi connectivity index (χ2n) is 14.5. The molecule has 60 heavy (non-hydrogen) atoms. The summed E-state index contributed by atoms with van der Waals surface area (Å²) >= 11 is 0. The van der Waals surface area contributed by atoms with Gasteiger partial charge in [-0.25, -0.2) is 14.6 Å². The highest BCUT2D eigenvalue weighted by molar-refractivity contribution is 5.98. The molecule has 0 aromatic carbocycles. The molecule has 1 aromatic heterocycles. The second-order valence-corrected chi connectivity index (χ2v) is 14.5. The number of carbonyl (C=O) groups excluding carboxylic acids is 4. The Kier molecular flexibility index (Phi) is 28.5. The molecule has 1 unspecified atom stereocenters. The van der Waals surface area contributed by atoms with Gasteiger partial charge in [-0.2, -0.15) is 0 Å². The van der Waals surface area contributed by atoms with E-state index in [1.165, 1.54) is 6.08 Å². The molecule has 1 atom stereocenters. The molecular formula is C45H72N9O6+. The van der Waals surface area contributed by atoms with E-state index in [1.54, 1.807) is 30.6 Å². The number of nitrogens with zero attached hydrogens (tertiary/aromatic N) is 5. The van der Waals surface area contributed by atoms with Gasteiger partial charge in [-0.1, -0.05) is 39.3 Å². The smallest absolute Gasteiger partial charge is 0.265 e. The molecule has 0 radical (unpaired) electrons. The maximum absolute atomic E-state index is 14.0. The molecule has 15 heteroatoms. The zero-order valence-corrected chi connectivity index (χ0v) is 36.8. The molecule has 0 aliphatic carbocycles. The minimum atomic E-state index is -0.460. The van der Waals surface area contributed by atoms with Crippen LogP contribution in [-0.2, 0) is 26.2 Å². The predicted octanol–water partition coefficient (Wildman–Crippen LogP) is 3.44. The van der Waals surface area contributed by atoms with Gasteiger partial charge in [-0.3, -0.25) is 24.6 Å². The summed E-state index contributed by atoms with van der Waals surface area (Å²) in [6.07, 6.45) is 24.6. The Balaban J connectivity index is 3.73. The van der Waals surface area contributed by atoms with Crippen LogP contribution in [0.2, 0.25) is 0 Å². The van der Waals surface area contributed by atoms with Crippen LogP contribution in [0, 0.1) is 0 Å². The number of aryl methyl sites for hydroxylation is 1. The molecule has 332 valence electrons. The standard InChI is InChI=1S/C45H71N9O6/c1-8-10-24-50(5)28-19-41(21-33-56)45(60)49-53(30-16-39(14-12-13-32-55)15-22-47-37-58)34-42(40-17-26-52(7)27-18-40)35-54(31-23-46-4)48-38(3)43(44(59)36-57)20-29-51(6)25-11-9-2/h14-15,17-22,26-29,33,36-37,42,46,48,55H,3,8-13,16,23-25,30-32,34-35H2,1-2,4-7H3,(H2-,47,49,58,59,60)/p+1/b22-15-,28-19?,29-20?,39-14+,41-21+,44-43-. The summed E-state index contributed by atoms with van der Waals surface area (Å²) in [4.78, 5) is 52.5. The van der Waals surface area contributed by atoms with Gasteiger partial charge in [0.1, 0.15) is 13.3 Å². The monoisotopic (exact) mass is 835 g/mol. The number of aliphatic hydroxyl groups excluding tert-OH is 2. The molecule has 1 rings (SSSR count). The normalized spacial score (nSPS) is 13.2. The van der Waals surface area contributed by atoms with Gasteiger partial charge in [0.2, 0.25) is 6.41 Å². The number of nitrogens with one attached hydrogen (secondary N) is 4. The van der Waals surface area contributed by atoms with E-state index in [-0.39, 0.29) is 23.7 Å². The van der Waals surface area contributed by atoms with Gasteiger partial charge in [-0.15, -0.1) is 0 Å². The first-order chi connectivity index (χ1) is 29.0. The minimum absolute atomic E-state index is 0.0363. The lowest BCUT2D eigenvalue weighted by atomic mass is 9.99. The largest absolute Gasteiger partial charge is 0.504 e. The molecule has 15 nitrogen and oxygen atoms in total. The zero-order valence-electron chi connectivity index (χ0n) is 36.8. The van der Waals surface area contributed by atoms with Crippen molar-refractivity contribution in [1.82, 2.24) is 41.3 Å². The number of carbonyl (C=O) groups is 4. The molecule has 0 spiro atoms. The SMILES string of the molecule is C=C(NN(CCNC)CC(CN(CCC(/C=C\NC=O)=C/CCCO)NC(=O)/C(C=CN(C)CCCC)=C/C=O)c1cc[n+](C)cc1)/C(C=CN(C)CCCC)=C(\O)C=O. The number of hydrogen-bond donors (Lipinski definition) is 6. The number of allylic oxidation sites excluding steroid dienone is 5. The lowest BCUT2D eigenvalue weighted by Gasteiger charge is -2.33. The topological polar surface area (TPSA) is 174 Å². The number of aldehydes is 2. The number of aliphatic hydroxyl groups is 2. The van der Waals surface area contributed by atoms with Crippen molar-refractivity contribution in [1.29, 1.82) is 0 Å². The second kappa shape index (κ2) is 32.5. The maximum Gasteiger partial charge on any atom is 0.265 e. The van der Waals surface area contributed by atoms with Gasteiger partial charge in [0.15, 0.2) is 24.4 Å². The molecular weight excluding hydrogens is 763 g/mol. The summed E-state index contributed by atoms with van der Waals surface area (Å²) in [5, 5.41) is 29.6. The van der Waals surface area contributed by atoms with Crippen LogP contribution in [0.3, 0.4) is 0 Å². The average Bonchev–Trinajstić information content (AvgIpc) is 3.24. The third-order valence-electron chi connectivity index (χ3n) is 9.40. The minimum Gasteiger partial charge on any atom is -0.504 e. The van der Waals surface area contributed by atoms with E-state index in [0.717, 1.165) is 49.9 Å². The first-order valence-corrected chi connectivity index (χ1v) is 20.8. The van der Waals surface area contributed by atoms with Gasteiger partial charge in [0, 0.05) is 102 Å². The third kappa shape index (κ3) is 22.7. The summed E-state index contributed by atoms with van der Waals surface area (Å²) in [6, 6.07) is 4.05. The molecule has 1 heterocycles. The van der Waals surface area contributed by atoms with Crippen molar-refractivity contribution in [3.63, 3.8) is 0 Å². The molecule has 0 bridgehead atoms. The fourth-order valence-electron chi connectivity index (χ4n) is 5.83. The first-order valence-electron chi connectivity index (χ1n) is 20.8. The van der Waals surface area contributed by atoms with Crippen molar-refractivity contribution in [3.8, 4) is 0 Å². The van der Waals surface area contributed by atoms with Crippen molar-refractivity contribution in [3.05, 3.63) is 114 Å². The van der Waals surface area contributed by atoms with Crippen molar-refractivity contribution >= 4 is 24.9 Å². The van der Waals surface area contributed by atoms with Crippen LogP contribution in [-0.4, -0.2) is 128 Å². The highest BCUT2D eigenvalue weighted by Crippen LogP contribution is 2.20. The van der Waals surface area contributed by atoms with E-state index in [4.69, 9.17) is 0 Å². The summed E-state index contributed by atoms with van der Waals surface area (Å²) in [6.45, 7) is 12.2. The van der Waals surface area contributed by atoms with E-state index in [2.05, 4.69) is 41.9 Å². The number of hydrazine groups is 2. The Labute approximate surface area is 358 Å². The van der Waals surface area contributed by atoms with Crippen molar-refractivity contribution in [2.75, 3.05) is 73.6 Å². The quantitative estimate of drug-likeness (QED) is 0.0114. The lowest BCUT2D eigenvalue weighted by molar-refractivity contribution is -0.671. The highest BCUT2D eigenvalue weighted by atomic mass is 16.3. The van der Waals surface area contributed by atoms with Crippen LogP contribution in [0.1, 0.15) is 70.3 Å². The molecule has 6 N–H and O–H groups in total. The molecule has 0 aliphatic rings. The molecule has 0 saturated heterocycles. The number of rotatable bonds is 34. The molecule has 0 saturated carbocycles. The summed E-state index contributed by atoms with van der Waals surface area (Å²) in [7, 11) is 7.63. The van der Waals surface area contributed by atoms with Gasteiger partial charge >= 0.3 is 0 Å². The van der Waals surface area contributed by atoms with E-state index >= 15 is 0 Å². The number of hydrogen-bond acceptors (Lipinski definition) is 12. The summed E-state index contributed by atoms with van der Waals surface area (Å²) < 4.78 is 1.94. The Morgan fingerprint density at radius 3 is 2.10 bits per heavy atom. The lowest BCUT2D eigenvalue weighted by Crippen LogP contribution is -2.49. The predicted molar refractivity (Wildman–Crippen MR) is 238 cm³/mol. The first kappa shape index (κ1) is 52.7. The highest BCUT2D eigenvalue weighted by Gasteiger charge is 2.24. The number of pyridine rings is 1. The van der Waals surface area contributed by atoms with E-state index in [9.17, 15) is 29.4 Å². The van der Waals surface area contributed by atoms with Crippen LogP contribution in [0.5, 0.6) is 0 Å². The van der Waals surface area contributed by atoms with E-state index in [1.807, 2.05) is 89.4 Å². The molecule has 2 amide bonds. The summed E-state index contributed by atoms with van der Waals surface area (Å²) in [5.74, 6) is -1.15. The maximum atomic E-state index is 14.0. The van der Waals surface area contributed by atoms with Crippen molar-refractivity contribution in [2.24, 2.45) is 7.05 Å². The van der Waals surface area contributed by atoms with Crippen LogP contribution >= 0.6 is 0 Å². The molecule has 0 fully saturated rings. The van der Waals surface area contributed by atoms with Crippen LogP contribution in [0.15, 0.2) is 108 Å². The Bertz CT molecular complexity index is 1620. The van der Waals surface area contributed by atoms with Crippen LogP contribution < -0.4 is 26.1 Å². The van der Waals surface area contributed by atoms with E-state index in [0.29, 0.717) is 76.7 Å².